The molecule has 2 aromatic rings. The summed E-state index contributed by atoms with van der Waals surface area (Å²) in [5, 5.41) is 11.9. The van der Waals surface area contributed by atoms with Crippen LogP contribution in [0.5, 0.6) is 5.75 Å². The number of aliphatic carboxylic acids is 1. The molecule has 1 fully saturated rings. The van der Waals surface area contributed by atoms with Crippen LogP contribution in [0.2, 0.25) is 0 Å². The molecule has 0 bridgehead atoms. The summed E-state index contributed by atoms with van der Waals surface area (Å²) in [7, 11) is 0. The highest BCUT2D eigenvalue weighted by Gasteiger charge is 2.31. The number of nitrogens with zero attached hydrogens (tertiary/aromatic N) is 1. The largest absolute Gasteiger partial charge is 0.573 e. The van der Waals surface area contributed by atoms with Crippen molar-refractivity contribution in [3.63, 3.8) is 0 Å². The zero-order chi connectivity index (χ0) is 21.0. The van der Waals surface area contributed by atoms with Crippen LogP contribution in [0.25, 0.3) is 11.3 Å². The number of rotatable bonds is 6. The van der Waals surface area contributed by atoms with Gasteiger partial charge in [-0.25, -0.2) is 0 Å². The lowest BCUT2D eigenvalue weighted by molar-refractivity contribution is -0.274. The number of aromatic nitrogens is 1. The first-order chi connectivity index (χ1) is 13.7. The fourth-order valence-electron chi connectivity index (χ4n) is 3.28. The number of carboxylic acid groups (broad SMARTS) is 1. The number of hydrogen-bond donors (Lipinski definition) is 2. The number of carbonyl (C=O) groups excluding carboxylic acids is 1. The Labute approximate surface area is 168 Å². The van der Waals surface area contributed by atoms with Crippen LogP contribution in [0.15, 0.2) is 30.3 Å². The molecule has 29 heavy (non-hydrogen) atoms. The molecule has 0 saturated heterocycles. The third-order valence-electron chi connectivity index (χ3n) is 4.86. The summed E-state index contributed by atoms with van der Waals surface area (Å²) in [4.78, 5) is 23.7. The van der Waals surface area contributed by atoms with Gasteiger partial charge in [-0.05, 0) is 73.5 Å². The van der Waals surface area contributed by atoms with Crippen LogP contribution >= 0.6 is 11.5 Å². The minimum Gasteiger partial charge on any atom is -0.481 e. The van der Waals surface area contributed by atoms with E-state index in [4.69, 9.17) is 5.11 Å². The van der Waals surface area contributed by atoms with Gasteiger partial charge in [-0.3, -0.25) is 9.59 Å². The van der Waals surface area contributed by atoms with Crippen LogP contribution in [0.1, 0.15) is 35.4 Å². The second kappa shape index (κ2) is 8.81. The van der Waals surface area contributed by atoms with E-state index in [1.54, 1.807) is 6.07 Å². The number of hydrogen-bond acceptors (Lipinski definition) is 5. The van der Waals surface area contributed by atoms with E-state index in [0.29, 0.717) is 35.5 Å². The quantitative estimate of drug-likeness (QED) is 0.715. The van der Waals surface area contributed by atoms with Crippen LogP contribution in [0.3, 0.4) is 0 Å². The first kappa shape index (κ1) is 21.1. The zero-order valence-electron chi connectivity index (χ0n) is 15.2. The molecule has 0 aliphatic heterocycles. The molecule has 1 aliphatic rings. The van der Waals surface area contributed by atoms with Gasteiger partial charge in [-0.15, -0.1) is 13.2 Å². The Morgan fingerprint density at radius 2 is 1.83 bits per heavy atom. The van der Waals surface area contributed by atoms with Crippen molar-refractivity contribution in [3.8, 4) is 17.0 Å². The monoisotopic (exact) mass is 428 g/mol. The van der Waals surface area contributed by atoms with Gasteiger partial charge in [-0.1, -0.05) is 0 Å². The molecule has 1 heterocycles. The molecular weight excluding hydrogens is 409 g/mol. The number of nitrogens with one attached hydrogen (secondary N) is 1. The lowest BCUT2D eigenvalue weighted by atomic mass is 9.82. The number of halogens is 3. The Hall–Kier alpha value is -2.62. The highest BCUT2D eigenvalue weighted by Crippen LogP contribution is 2.29. The molecule has 0 atom stereocenters. The van der Waals surface area contributed by atoms with E-state index in [9.17, 15) is 22.8 Å². The Morgan fingerprint density at radius 1 is 1.17 bits per heavy atom. The van der Waals surface area contributed by atoms with E-state index in [-0.39, 0.29) is 23.5 Å². The van der Waals surface area contributed by atoms with Gasteiger partial charge in [0.05, 0.1) is 11.6 Å². The number of ether oxygens (including phenoxy) is 1. The average molecular weight is 428 g/mol. The average Bonchev–Trinajstić information content (AvgIpc) is 3.16. The van der Waals surface area contributed by atoms with Gasteiger partial charge in [0.25, 0.3) is 5.91 Å². The van der Waals surface area contributed by atoms with Crippen molar-refractivity contribution >= 4 is 23.4 Å². The molecule has 0 radical (unpaired) electrons. The maximum Gasteiger partial charge on any atom is 0.573 e. The van der Waals surface area contributed by atoms with Crippen LogP contribution < -0.4 is 10.1 Å². The van der Waals surface area contributed by atoms with E-state index < -0.39 is 12.3 Å². The zero-order valence-corrected chi connectivity index (χ0v) is 16.1. The third-order valence-corrected chi connectivity index (χ3v) is 5.65. The van der Waals surface area contributed by atoms with Gasteiger partial charge in [0.15, 0.2) is 0 Å². The second-order valence-corrected chi connectivity index (χ2v) is 7.72. The summed E-state index contributed by atoms with van der Waals surface area (Å²) in [6, 6.07) is 6.85. The smallest absolute Gasteiger partial charge is 0.481 e. The Morgan fingerprint density at radius 3 is 2.41 bits per heavy atom. The van der Waals surface area contributed by atoms with Gasteiger partial charge in [-0.2, -0.15) is 4.37 Å². The summed E-state index contributed by atoms with van der Waals surface area (Å²) in [5.41, 5.74) is 1.06. The van der Waals surface area contributed by atoms with Crippen LogP contribution in [-0.4, -0.2) is 34.3 Å². The fraction of sp³-hybridized carbons (Fsp3) is 0.421. The molecule has 1 amide bonds. The topological polar surface area (TPSA) is 88.5 Å². The summed E-state index contributed by atoms with van der Waals surface area (Å²) >= 11 is 1.01. The van der Waals surface area contributed by atoms with Crippen LogP contribution in [0, 0.1) is 11.8 Å². The highest BCUT2D eigenvalue weighted by molar-refractivity contribution is 7.08. The number of carboxylic acids is 1. The first-order valence-electron chi connectivity index (χ1n) is 9.05. The summed E-state index contributed by atoms with van der Waals surface area (Å²) in [5.74, 6) is -1.40. The van der Waals surface area contributed by atoms with Crippen molar-refractivity contribution in [1.29, 1.82) is 0 Å². The first-order valence-corrected chi connectivity index (χ1v) is 9.82. The lowest BCUT2D eigenvalue weighted by Gasteiger charge is -2.26. The maximum absolute atomic E-state index is 12.3. The van der Waals surface area contributed by atoms with Crippen molar-refractivity contribution in [2.45, 2.75) is 32.0 Å². The summed E-state index contributed by atoms with van der Waals surface area (Å²) in [6.07, 6.45) is -1.99. The van der Waals surface area contributed by atoms with E-state index in [1.165, 1.54) is 24.3 Å². The van der Waals surface area contributed by atoms with Crippen molar-refractivity contribution in [2.75, 3.05) is 6.54 Å². The van der Waals surface area contributed by atoms with Gasteiger partial charge < -0.3 is 15.2 Å². The van der Waals surface area contributed by atoms with E-state index in [0.717, 1.165) is 24.4 Å². The fourth-order valence-corrected chi connectivity index (χ4v) is 3.96. The Kier molecular flexibility index (Phi) is 6.41. The molecular formula is C19H19F3N2O4S. The van der Waals surface area contributed by atoms with Crippen molar-refractivity contribution in [2.24, 2.45) is 11.8 Å². The van der Waals surface area contributed by atoms with Crippen molar-refractivity contribution in [3.05, 3.63) is 35.2 Å². The SMILES string of the molecule is O=C(NCC1CCC(C(=O)O)CC1)c1cc(-c2ccc(OC(F)(F)F)cc2)ns1. The highest BCUT2D eigenvalue weighted by atomic mass is 32.1. The van der Waals surface area contributed by atoms with E-state index in [1.807, 2.05) is 0 Å². The molecule has 3 rings (SSSR count). The van der Waals surface area contributed by atoms with Crippen LogP contribution in [0.4, 0.5) is 13.2 Å². The molecule has 1 aromatic heterocycles. The van der Waals surface area contributed by atoms with E-state index in [2.05, 4.69) is 14.4 Å². The number of amides is 1. The van der Waals surface area contributed by atoms with Gasteiger partial charge in [0, 0.05) is 12.1 Å². The molecule has 0 spiro atoms. The molecule has 1 aliphatic carbocycles. The second-order valence-electron chi connectivity index (χ2n) is 6.91. The third kappa shape index (κ3) is 5.93. The van der Waals surface area contributed by atoms with Crippen molar-refractivity contribution < 1.29 is 32.6 Å². The van der Waals surface area contributed by atoms with E-state index >= 15 is 0 Å². The molecule has 10 heteroatoms. The number of benzene rings is 1. The molecule has 6 nitrogen and oxygen atoms in total. The van der Waals surface area contributed by atoms with Gasteiger partial charge in [0.2, 0.25) is 0 Å². The molecule has 1 aromatic carbocycles. The normalized spacial score (nSPS) is 19.6. The summed E-state index contributed by atoms with van der Waals surface area (Å²) < 4.78 is 44.7. The summed E-state index contributed by atoms with van der Waals surface area (Å²) in [6.45, 7) is 0.474. The van der Waals surface area contributed by atoms with Gasteiger partial charge >= 0.3 is 12.3 Å². The minimum absolute atomic E-state index is 0.253. The van der Waals surface area contributed by atoms with Crippen molar-refractivity contribution in [1.82, 2.24) is 9.69 Å². The maximum atomic E-state index is 12.3. The van der Waals surface area contributed by atoms with Gasteiger partial charge in [0.1, 0.15) is 10.6 Å². The standard InChI is InChI=1S/C19H19F3N2O4S/c20-19(21,22)28-14-7-5-12(6-8-14)15-9-16(29-24-15)17(25)23-10-11-1-3-13(4-2-11)18(26)27/h5-9,11,13H,1-4,10H2,(H,23,25)(H,26,27). The molecule has 2 N–H and O–H groups in total. The minimum atomic E-state index is -4.75. The number of carbonyl (C=O) groups is 2. The Bertz CT molecular complexity index is 859. The Balaban J connectivity index is 1.53. The molecule has 156 valence electrons. The molecule has 1 saturated carbocycles. The van der Waals surface area contributed by atoms with Crippen LogP contribution in [-0.2, 0) is 4.79 Å². The molecule has 0 unspecified atom stereocenters. The predicted octanol–water partition coefficient (Wildman–Crippen LogP) is 4.33. The number of alkyl halides is 3. The predicted molar refractivity (Wildman–Crippen MR) is 99.7 cm³/mol. The lowest BCUT2D eigenvalue weighted by Crippen LogP contribution is -2.32.